The molecule has 0 aromatic carbocycles. The van der Waals surface area contributed by atoms with Crippen LogP contribution in [0.2, 0.25) is 0 Å². The standard InChI is InChI=1S/C17H25N3O3/c1-17(2,3)16(22)20(12-6-7-12)10-13-8-14(19-23-13)15(21)18-9-11-4-5-11/h8,11-12H,4-7,9-10H2,1-3H3,(H,18,21). The Morgan fingerprint density at radius 3 is 2.57 bits per heavy atom. The minimum atomic E-state index is -0.424. The Balaban J connectivity index is 1.62. The molecule has 2 saturated carbocycles. The van der Waals surface area contributed by atoms with Crippen LogP contribution in [0.3, 0.4) is 0 Å². The quantitative estimate of drug-likeness (QED) is 0.873. The number of rotatable bonds is 6. The van der Waals surface area contributed by atoms with E-state index in [1.54, 1.807) is 6.07 Å². The molecule has 1 aromatic heterocycles. The highest BCUT2D eigenvalue weighted by molar-refractivity contribution is 5.92. The van der Waals surface area contributed by atoms with Gasteiger partial charge in [0, 0.05) is 24.1 Å². The van der Waals surface area contributed by atoms with Gasteiger partial charge in [0.1, 0.15) is 0 Å². The van der Waals surface area contributed by atoms with E-state index in [2.05, 4.69) is 10.5 Å². The lowest BCUT2D eigenvalue weighted by Crippen LogP contribution is -2.40. The van der Waals surface area contributed by atoms with Gasteiger partial charge >= 0.3 is 0 Å². The van der Waals surface area contributed by atoms with Crippen molar-refractivity contribution >= 4 is 11.8 Å². The summed E-state index contributed by atoms with van der Waals surface area (Å²) in [6.07, 6.45) is 4.45. The average Bonchev–Trinajstić information content (AvgIpc) is 3.40. The summed E-state index contributed by atoms with van der Waals surface area (Å²) in [5, 5.41) is 6.71. The van der Waals surface area contributed by atoms with E-state index in [1.165, 1.54) is 12.8 Å². The second-order valence-corrected chi connectivity index (χ2v) is 7.75. The van der Waals surface area contributed by atoms with Crippen LogP contribution in [0.5, 0.6) is 0 Å². The number of hydrogen-bond donors (Lipinski definition) is 1. The van der Waals surface area contributed by atoms with Crippen LogP contribution in [0, 0.1) is 11.3 Å². The van der Waals surface area contributed by atoms with Crippen LogP contribution in [-0.4, -0.2) is 34.5 Å². The Labute approximate surface area is 136 Å². The molecule has 1 heterocycles. The van der Waals surface area contributed by atoms with Crippen molar-refractivity contribution in [3.05, 3.63) is 17.5 Å². The zero-order chi connectivity index (χ0) is 16.6. The van der Waals surface area contributed by atoms with Crippen molar-refractivity contribution in [1.29, 1.82) is 0 Å². The van der Waals surface area contributed by atoms with Gasteiger partial charge in [0.25, 0.3) is 5.91 Å². The lowest BCUT2D eigenvalue weighted by molar-refractivity contribution is -0.141. The van der Waals surface area contributed by atoms with E-state index in [0.29, 0.717) is 36.5 Å². The molecule has 1 N–H and O–H groups in total. The number of aromatic nitrogens is 1. The number of amides is 2. The van der Waals surface area contributed by atoms with Crippen LogP contribution in [-0.2, 0) is 11.3 Å². The maximum absolute atomic E-state index is 12.6. The van der Waals surface area contributed by atoms with Crippen LogP contribution in [0.1, 0.15) is 62.7 Å². The molecule has 0 atom stereocenters. The normalized spacial score (nSPS) is 17.9. The third-order valence-corrected chi connectivity index (χ3v) is 4.26. The van der Waals surface area contributed by atoms with E-state index in [4.69, 9.17) is 4.52 Å². The third kappa shape index (κ3) is 4.12. The Morgan fingerprint density at radius 2 is 2.00 bits per heavy atom. The molecule has 0 spiro atoms. The summed E-state index contributed by atoms with van der Waals surface area (Å²) in [5.41, 5.74) is -0.132. The first-order chi connectivity index (χ1) is 10.8. The Bertz CT molecular complexity index is 594. The van der Waals surface area contributed by atoms with Crippen molar-refractivity contribution in [1.82, 2.24) is 15.4 Å². The van der Waals surface area contributed by atoms with E-state index in [9.17, 15) is 9.59 Å². The molecule has 126 valence electrons. The molecular formula is C17H25N3O3. The summed E-state index contributed by atoms with van der Waals surface area (Å²) in [4.78, 5) is 26.4. The fourth-order valence-corrected chi connectivity index (χ4v) is 2.50. The fourth-order valence-electron chi connectivity index (χ4n) is 2.50. The van der Waals surface area contributed by atoms with Crippen LogP contribution >= 0.6 is 0 Å². The van der Waals surface area contributed by atoms with E-state index in [1.807, 2.05) is 25.7 Å². The van der Waals surface area contributed by atoms with Crippen LogP contribution < -0.4 is 5.32 Å². The number of carbonyl (C=O) groups excluding carboxylic acids is 2. The molecule has 6 nitrogen and oxygen atoms in total. The molecule has 6 heteroatoms. The van der Waals surface area contributed by atoms with Crippen molar-refractivity contribution in [2.24, 2.45) is 11.3 Å². The van der Waals surface area contributed by atoms with Crippen LogP contribution in [0.25, 0.3) is 0 Å². The highest BCUT2D eigenvalue weighted by Gasteiger charge is 2.38. The van der Waals surface area contributed by atoms with Gasteiger partial charge in [-0.2, -0.15) is 0 Å². The van der Waals surface area contributed by atoms with Gasteiger partial charge in [0.05, 0.1) is 6.54 Å². The van der Waals surface area contributed by atoms with Crippen molar-refractivity contribution in [3.8, 4) is 0 Å². The van der Waals surface area contributed by atoms with Gasteiger partial charge in [0.2, 0.25) is 5.91 Å². The fraction of sp³-hybridized carbons (Fsp3) is 0.706. The van der Waals surface area contributed by atoms with Crippen molar-refractivity contribution in [2.45, 2.75) is 59.0 Å². The van der Waals surface area contributed by atoms with Gasteiger partial charge in [-0.25, -0.2) is 0 Å². The average molecular weight is 319 g/mol. The first-order valence-corrected chi connectivity index (χ1v) is 8.39. The monoisotopic (exact) mass is 319 g/mol. The Kier molecular flexibility index (Phi) is 4.17. The first-order valence-electron chi connectivity index (χ1n) is 8.39. The van der Waals surface area contributed by atoms with Gasteiger partial charge in [0.15, 0.2) is 11.5 Å². The predicted molar refractivity (Wildman–Crippen MR) is 84.6 cm³/mol. The molecule has 2 aliphatic carbocycles. The zero-order valence-corrected chi connectivity index (χ0v) is 14.1. The second kappa shape index (κ2) is 5.98. The third-order valence-electron chi connectivity index (χ3n) is 4.26. The van der Waals surface area contributed by atoms with E-state index in [-0.39, 0.29) is 11.8 Å². The molecule has 23 heavy (non-hydrogen) atoms. The maximum Gasteiger partial charge on any atom is 0.273 e. The molecule has 1 aromatic rings. The molecule has 0 bridgehead atoms. The summed E-state index contributed by atoms with van der Waals surface area (Å²) in [7, 11) is 0. The second-order valence-electron chi connectivity index (χ2n) is 7.75. The van der Waals surface area contributed by atoms with E-state index >= 15 is 0 Å². The number of carbonyl (C=O) groups is 2. The summed E-state index contributed by atoms with van der Waals surface area (Å²) in [5.74, 6) is 1.09. The zero-order valence-electron chi connectivity index (χ0n) is 14.1. The predicted octanol–water partition coefficient (Wildman–Crippen LogP) is 2.35. The number of nitrogens with zero attached hydrogens (tertiary/aromatic N) is 2. The van der Waals surface area contributed by atoms with Crippen molar-refractivity contribution < 1.29 is 14.1 Å². The highest BCUT2D eigenvalue weighted by atomic mass is 16.5. The molecule has 2 amide bonds. The Morgan fingerprint density at radius 1 is 1.30 bits per heavy atom. The first kappa shape index (κ1) is 16.0. The molecule has 2 fully saturated rings. The Hall–Kier alpha value is -1.85. The molecular weight excluding hydrogens is 294 g/mol. The molecule has 0 saturated heterocycles. The van der Waals surface area contributed by atoms with E-state index < -0.39 is 5.41 Å². The summed E-state index contributed by atoms with van der Waals surface area (Å²) >= 11 is 0. The maximum atomic E-state index is 12.6. The lowest BCUT2D eigenvalue weighted by atomic mass is 9.94. The molecule has 3 rings (SSSR count). The number of nitrogens with one attached hydrogen (secondary N) is 1. The van der Waals surface area contributed by atoms with Gasteiger partial charge in [-0.1, -0.05) is 25.9 Å². The largest absolute Gasteiger partial charge is 0.359 e. The molecule has 0 aliphatic heterocycles. The van der Waals surface area contributed by atoms with Gasteiger partial charge in [-0.15, -0.1) is 0 Å². The SMILES string of the molecule is CC(C)(C)C(=O)N(Cc1cc(C(=O)NCC2CC2)no1)C1CC1. The minimum Gasteiger partial charge on any atom is -0.359 e. The van der Waals surface area contributed by atoms with Crippen molar-refractivity contribution in [2.75, 3.05) is 6.54 Å². The molecule has 2 aliphatic rings. The highest BCUT2D eigenvalue weighted by Crippen LogP contribution is 2.32. The van der Waals surface area contributed by atoms with Gasteiger partial charge in [-0.3, -0.25) is 9.59 Å². The topological polar surface area (TPSA) is 75.4 Å². The van der Waals surface area contributed by atoms with Gasteiger partial charge in [-0.05, 0) is 31.6 Å². The minimum absolute atomic E-state index is 0.108. The molecule has 0 unspecified atom stereocenters. The van der Waals surface area contributed by atoms with Gasteiger partial charge < -0.3 is 14.7 Å². The smallest absolute Gasteiger partial charge is 0.273 e. The summed E-state index contributed by atoms with van der Waals surface area (Å²) in [6.45, 7) is 6.84. The van der Waals surface area contributed by atoms with E-state index in [0.717, 1.165) is 12.8 Å². The summed E-state index contributed by atoms with van der Waals surface area (Å²) in [6, 6.07) is 1.94. The summed E-state index contributed by atoms with van der Waals surface area (Å²) < 4.78 is 5.27. The van der Waals surface area contributed by atoms with Crippen LogP contribution in [0.15, 0.2) is 10.6 Å². The van der Waals surface area contributed by atoms with Crippen molar-refractivity contribution in [3.63, 3.8) is 0 Å². The molecule has 0 radical (unpaired) electrons. The number of hydrogen-bond acceptors (Lipinski definition) is 4. The lowest BCUT2D eigenvalue weighted by Gasteiger charge is -2.28. The van der Waals surface area contributed by atoms with Crippen LogP contribution in [0.4, 0.5) is 0 Å².